The van der Waals surface area contributed by atoms with Crippen LogP contribution in [0.25, 0.3) is 11.0 Å². The van der Waals surface area contributed by atoms with E-state index in [1.807, 2.05) is 25.2 Å². The summed E-state index contributed by atoms with van der Waals surface area (Å²) in [7, 11) is 3.70. The summed E-state index contributed by atoms with van der Waals surface area (Å²) in [6, 6.07) is 5.87. The van der Waals surface area contributed by atoms with Gasteiger partial charge in [0.05, 0.1) is 29.8 Å². The van der Waals surface area contributed by atoms with Gasteiger partial charge in [-0.2, -0.15) is 0 Å². The van der Waals surface area contributed by atoms with Crippen LogP contribution in [0, 0.1) is 0 Å². The highest BCUT2D eigenvalue weighted by molar-refractivity contribution is 5.93. The second-order valence-corrected chi connectivity index (χ2v) is 6.75. The van der Waals surface area contributed by atoms with Crippen LogP contribution in [0.5, 0.6) is 0 Å². The number of rotatable bonds is 8. The number of amides is 1. The van der Waals surface area contributed by atoms with E-state index in [1.54, 1.807) is 25.5 Å². The molecule has 0 radical (unpaired) electrons. The monoisotopic (exact) mass is 334 g/mol. The minimum absolute atomic E-state index is 0.164. The van der Waals surface area contributed by atoms with Gasteiger partial charge in [-0.05, 0) is 38.6 Å². The Morgan fingerprint density at radius 3 is 2.75 bits per heavy atom. The number of aromatic nitrogens is 2. The summed E-state index contributed by atoms with van der Waals surface area (Å²) in [5, 5.41) is 10.1. The third-order valence-corrected chi connectivity index (χ3v) is 3.71. The number of aliphatic hydroxyl groups is 1. The molecule has 7 nitrogen and oxygen atoms in total. The molecule has 1 aromatic heterocycles. The fourth-order valence-electron chi connectivity index (χ4n) is 2.65. The Labute approximate surface area is 142 Å². The van der Waals surface area contributed by atoms with Crippen LogP contribution >= 0.6 is 0 Å². The van der Waals surface area contributed by atoms with E-state index >= 15 is 0 Å². The molecule has 1 aromatic carbocycles. The first-order valence-corrected chi connectivity index (χ1v) is 7.90. The van der Waals surface area contributed by atoms with Gasteiger partial charge in [-0.1, -0.05) is 6.07 Å². The molecule has 3 N–H and O–H groups in total. The molecule has 0 bridgehead atoms. The van der Waals surface area contributed by atoms with Crippen molar-refractivity contribution in [2.45, 2.75) is 32.5 Å². The van der Waals surface area contributed by atoms with Crippen molar-refractivity contribution < 1.29 is 14.6 Å². The Hall–Kier alpha value is -1.96. The number of hydrogen-bond donors (Lipinski definition) is 2. The van der Waals surface area contributed by atoms with Crippen molar-refractivity contribution in [1.29, 1.82) is 0 Å². The normalized spacial score (nSPS) is 12.2. The average molecular weight is 334 g/mol. The summed E-state index contributed by atoms with van der Waals surface area (Å²) in [6.45, 7) is 5.86. The second kappa shape index (κ2) is 7.29. The van der Waals surface area contributed by atoms with Crippen LogP contribution < -0.4 is 5.73 Å². The van der Waals surface area contributed by atoms with Crippen LogP contribution in [0.4, 0.5) is 0 Å². The van der Waals surface area contributed by atoms with Crippen LogP contribution in [0.15, 0.2) is 18.2 Å². The Morgan fingerprint density at radius 1 is 1.46 bits per heavy atom. The average Bonchev–Trinajstić information content (AvgIpc) is 2.81. The molecule has 0 saturated heterocycles. The largest absolute Gasteiger partial charge is 0.389 e. The fraction of sp³-hybridized carbons (Fsp3) is 0.529. The van der Waals surface area contributed by atoms with Crippen molar-refractivity contribution in [3.05, 3.63) is 29.6 Å². The number of carbonyl (C=O) groups excluding carboxylic acids is 1. The zero-order chi connectivity index (χ0) is 17.9. The smallest absolute Gasteiger partial charge is 0.284 e. The number of likely N-dealkylation sites (N-methyl/N-ethyl adjacent to an activating group) is 1. The molecule has 0 fully saturated rings. The summed E-state index contributed by atoms with van der Waals surface area (Å²) in [6.07, 6.45) is 0. The number of nitrogens with zero attached hydrogens (tertiary/aromatic N) is 3. The summed E-state index contributed by atoms with van der Waals surface area (Å²) in [5.74, 6) is -0.439. The standard InChI is InChI=1S/C17H26N4O3/c1-17(2,23)11-21-14-6-5-12(10-20(3)7-8-24-4)9-13(14)19-16(21)15(18)22/h5-6,9,23H,7-8,10-11H2,1-4H3,(H2,18,22). The number of primary amides is 1. The van der Waals surface area contributed by atoms with Crippen LogP contribution in [0.3, 0.4) is 0 Å². The number of carbonyl (C=O) groups is 1. The topological polar surface area (TPSA) is 93.6 Å². The Kier molecular flexibility index (Phi) is 5.58. The molecule has 1 amide bonds. The molecule has 2 aromatic rings. The lowest BCUT2D eigenvalue weighted by molar-refractivity contribution is 0.0614. The summed E-state index contributed by atoms with van der Waals surface area (Å²) in [5.41, 5.74) is 7.04. The Bertz CT molecular complexity index is 718. The third-order valence-electron chi connectivity index (χ3n) is 3.71. The van der Waals surface area contributed by atoms with Crippen molar-refractivity contribution >= 4 is 16.9 Å². The molecular formula is C17H26N4O3. The van der Waals surface area contributed by atoms with E-state index in [0.717, 1.165) is 24.2 Å². The lowest BCUT2D eigenvalue weighted by atomic mass is 10.1. The first kappa shape index (κ1) is 18.4. The number of methoxy groups -OCH3 is 1. The zero-order valence-electron chi connectivity index (χ0n) is 14.7. The molecule has 0 aliphatic carbocycles. The second-order valence-electron chi connectivity index (χ2n) is 6.75. The minimum Gasteiger partial charge on any atom is -0.389 e. The van der Waals surface area contributed by atoms with E-state index in [0.29, 0.717) is 12.1 Å². The van der Waals surface area contributed by atoms with Gasteiger partial charge >= 0.3 is 0 Å². The first-order chi connectivity index (χ1) is 11.2. The van der Waals surface area contributed by atoms with Gasteiger partial charge in [-0.15, -0.1) is 0 Å². The number of hydrogen-bond acceptors (Lipinski definition) is 5. The molecule has 2 rings (SSSR count). The van der Waals surface area contributed by atoms with Crippen molar-refractivity contribution in [2.75, 3.05) is 27.3 Å². The van der Waals surface area contributed by atoms with Crippen molar-refractivity contribution in [1.82, 2.24) is 14.5 Å². The predicted octanol–water partition coefficient (Wildman–Crippen LogP) is 0.984. The lowest BCUT2D eigenvalue weighted by Gasteiger charge is -2.19. The van der Waals surface area contributed by atoms with Crippen molar-refractivity contribution in [2.24, 2.45) is 5.73 Å². The molecule has 24 heavy (non-hydrogen) atoms. The summed E-state index contributed by atoms with van der Waals surface area (Å²) in [4.78, 5) is 18.2. The van der Waals surface area contributed by atoms with Gasteiger partial charge < -0.3 is 20.1 Å². The van der Waals surface area contributed by atoms with Crippen molar-refractivity contribution in [3.63, 3.8) is 0 Å². The molecule has 1 heterocycles. The van der Waals surface area contributed by atoms with Gasteiger partial charge in [0, 0.05) is 20.2 Å². The molecule has 0 saturated carbocycles. The minimum atomic E-state index is -0.975. The quantitative estimate of drug-likeness (QED) is 0.751. The van der Waals surface area contributed by atoms with Gasteiger partial charge in [0.25, 0.3) is 5.91 Å². The van der Waals surface area contributed by atoms with Gasteiger partial charge in [0.15, 0.2) is 5.82 Å². The van der Waals surface area contributed by atoms with E-state index in [9.17, 15) is 9.90 Å². The highest BCUT2D eigenvalue weighted by atomic mass is 16.5. The molecule has 0 aliphatic rings. The zero-order valence-corrected chi connectivity index (χ0v) is 14.7. The van der Waals surface area contributed by atoms with E-state index in [4.69, 9.17) is 10.5 Å². The number of imidazole rings is 1. The number of ether oxygens (including phenoxy) is 1. The van der Waals surface area contributed by atoms with E-state index < -0.39 is 11.5 Å². The molecule has 0 atom stereocenters. The fourth-order valence-corrected chi connectivity index (χ4v) is 2.65. The molecule has 132 valence electrons. The van der Waals surface area contributed by atoms with E-state index in [-0.39, 0.29) is 12.4 Å². The maximum atomic E-state index is 11.7. The van der Waals surface area contributed by atoms with Crippen molar-refractivity contribution in [3.8, 4) is 0 Å². The van der Waals surface area contributed by atoms with Crippen LogP contribution in [-0.2, 0) is 17.8 Å². The van der Waals surface area contributed by atoms with Crippen LogP contribution in [-0.4, -0.2) is 58.4 Å². The molecule has 0 unspecified atom stereocenters. The highest BCUT2D eigenvalue weighted by Crippen LogP contribution is 2.21. The Morgan fingerprint density at radius 2 is 2.17 bits per heavy atom. The Balaban J connectivity index is 2.34. The van der Waals surface area contributed by atoms with Crippen LogP contribution in [0.2, 0.25) is 0 Å². The molecule has 0 aliphatic heterocycles. The highest BCUT2D eigenvalue weighted by Gasteiger charge is 2.21. The number of fused-ring (bicyclic) bond motifs is 1. The van der Waals surface area contributed by atoms with E-state index in [1.165, 1.54) is 0 Å². The third kappa shape index (κ3) is 4.53. The SMILES string of the molecule is COCCN(C)Cc1ccc2c(c1)nc(C(N)=O)n2CC(C)(C)O. The number of benzene rings is 1. The van der Waals surface area contributed by atoms with Gasteiger partial charge in [-0.3, -0.25) is 9.69 Å². The van der Waals surface area contributed by atoms with Gasteiger partial charge in [0.2, 0.25) is 0 Å². The molecular weight excluding hydrogens is 308 g/mol. The van der Waals surface area contributed by atoms with E-state index in [2.05, 4.69) is 9.88 Å². The summed E-state index contributed by atoms with van der Waals surface area (Å²) < 4.78 is 6.76. The van der Waals surface area contributed by atoms with Gasteiger partial charge in [-0.25, -0.2) is 4.98 Å². The molecule has 0 spiro atoms. The maximum Gasteiger partial charge on any atom is 0.284 e. The lowest BCUT2D eigenvalue weighted by Crippen LogP contribution is -2.29. The van der Waals surface area contributed by atoms with Gasteiger partial charge in [0.1, 0.15) is 0 Å². The number of nitrogens with two attached hydrogens (primary N) is 1. The first-order valence-electron chi connectivity index (χ1n) is 7.90. The summed E-state index contributed by atoms with van der Waals surface area (Å²) >= 11 is 0. The van der Waals surface area contributed by atoms with Crippen LogP contribution in [0.1, 0.15) is 30.0 Å². The predicted molar refractivity (Wildman–Crippen MR) is 92.8 cm³/mol. The molecule has 7 heteroatoms. The maximum absolute atomic E-state index is 11.7.